The number of carbonyl (C=O) groups is 2. The average Bonchev–Trinajstić information content (AvgIpc) is 2.97. The second-order valence-corrected chi connectivity index (χ2v) is 13.0. The van der Waals surface area contributed by atoms with E-state index in [1.54, 1.807) is 7.11 Å². The first-order valence-electron chi connectivity index (χ1n) is 15.9. The second kappa shape index (κ2) is 13.6. The molecule has 5 rings (SSSR count). The molecular weight excluding hydrogens is 494 g/mol. The summed E-state index contributed by atoms with van der Waals surface area (Å²) >= 11 is 0. The Morgan fingerprint density at radius 3 is 2.23 bits per heavy atom. The minimum absolute atomic E-state index is 0.0192. The van der Waals surface area contributed by atoms with E-state index < -0.39 is 0 Å². The van der Waals surface area contributed by atoms with E-state index in [1.165, 1.54) is 12.8 Å². The third kappa shape index (κ3) is 6.80. The van der Waals surface area contributed by atoms with E-state index in [-0.39, 0.29) is 42.1 Å². The van der Waals surface area contributed by atoms with Gasteiger partial charge < -0.3 is 25.4 Å². The molecule has 0 aromatic heterocycles. The molecule has 0 aromatic rings. The van der Waals surface area contributed by atoms with Crippen molar-refractivity contribution < 1.29 is 19.1 Å². The van der Waals surface area contributed by atoms with Gasteiger partial charge in [-0.1, -0.05) is 0 Å². The van der Waals surface area contributed by atoms with Gasteiger partial charge in [-0.2, -0.15) is 0 Å². The normalized spacial score (nSPS) is 39.6. The molecule has 0 spiro atoms. The number of hydrogen-bond acceptors (Lipinski definition) is 7. The smallest absolute Gasteiger partial charge is 0.229 e. The maximum absolute atomic E-state index is 13.7. The van der Waals surface area contributed by atoms with Crippen LogP contribution in [0.4, 0.5) is 0 Å². The summed E-state index contributed by atoms with van der Waals surface area (Å²) in [4.78, 5) is 31.6. The Balaban J connectivity index is 1.21. The molecule has 3 aliphatic heterocycles. The third-order valence-electron chi connectivity index (χ3n) is 10.7. The molecule has 5 atom stereocenters. The molecule has 5 unspecified atom stereocenters. The standard InChI is InChI=1S/C30H53N5O4/c1-38-22-10-6-20(7-11-22)14-16-32-29(36)24-19-25-28(33-26-5-3-4-17-34(26)30(25)37)35(27(24)31)18-15-21-8-12-23(39-2)13-9-21/h20-28,33H,3-19,31H2,1-2H3,(H,32,36). The lowest BCUT2D eigenvalue weighted by atomic mass is 9.79. The number of nitrogens with two attached hydrogens (primary N) is 1. The first kappa shape index (κ1) is 29.2. The minimum atomic E-state index is -0.380. The van der Waals surface area contributed by atoms with Crippen LogP contribution in [0.2, 0.25) is 0 Å². The van der Waals surface area contributed by atoms with Crippen molar-refractivity contribution in [1.82, 2.24) is 20.4 Å². The molecule has 2 amide bonds. The lowest BCUT2D eigenvalue weighted by Crippen LogP contribution is -2.74. The van der Waals surface area contributed by atoms with Crippen molar-refractivity contribution in [2.45, 2.75) is 121 Å². The number of nitrogens with zero attached hydrogens (tertiary/aromatic N) is 2. The predicted octanol–water partition coefficient (Wildman–Crippen LogP) is 2.78. The van der Waals surface area contributed by atoms with Crippen molar-refractivity contribution >= 4 is 11.8 Å². The summed E-state index contributed by atoms with van der Waals surface area (Å²) in [6, 6.07) is 0. The van der Waals surface area contributed by atoms with Crippen molar-refractivity contribution in [2.75, 3.05) is 33.9 Å². The Labute approximate surface area is 235 Å². The molecule has 9 heteroatoms. The zero-order chi connectivity index (χ0) is 27.4. The van der Waals surface area contributed by atoms with Gasteiger partial charge in [0.2, 0.25) is 11.8 Å². The van der Waals surface area contributed by atoms with Crippen LogP contribution in [0.15, 0.2) is 0 Å². The van der Waals surface area contributed by atoms with E-state index in [4.69, 9.17) is 15.2 Å². The number of amides is 2. The van der Waals surface area contributed by atoms with Crippen LogP contribution in [-0.4, -0.2) is 86.2 Å². The Morgan fingerprint density at radius 2 is 1.59 bits per heavy atom. The molecule has 2 aliphatic carbocycles. The summed E-state index contributed by atoms with van der Waals surface area (Å²) in [5.41, 5.74) is 6.92. The van der Waals surface area contributed by atoms with Gasteiger partial charge in [0.25, 0.3) is 0 Å². The topological polar surface area (TPSA) is 109 Å². The molecule has 5 aliphatic rings. The number of ether oxygens (including phenoxy) is 2. The molecule has 0 bridgehead atoms. The summed E-state index contributed by atoms with van der Waals surface area (Å²) in [6.45, 7) is 2.32. The summed E-state index contributed by atoms with van der Waals surface area (Å²) in [5, 5.41) is 7.04. The van der Waals surface area contributed by atoms with Crippen molar-refractivity contribution in [3.63, 3.8) is 0 Å². The predicted molar refractivity (Wildman–Crippen MR) is 150 cm³/mol. The summed E-state index contributed by atoms with van der Waals surface area (Å²) in [5.74, 6) is 0.940. The van der Waals surface area contributed by atoms with Gasteiger partial charge in [0.15, 0.2) is 0 Å². The van der Waals surface area contributed by atoms with Gasteiger partial charge in [-0.3, -0.25) is 19.8 Å². The van der Waals surface area contributed by atoms with E-state index in [1.807, 2.05) is 12.0 Å². The zero-order valence-electron chi connectivity index (χ0n) is 24.3. The number of hydrogen-bond donors (Lipinski definition) is 3. The molecule has 39 heavy (non-hydrogen) atoms. The SMILES string of the molecule is COC1CCC(CCNC(=O)C2CC3C(=O)N4CCCCC4NC3N(CCC3CCC(OC)CC3)C2N)CC1. The zero-order valence-corrected chi connectivity index (χ0v) is 24.3. The maximum Gasteiger partial charge on any atom is 0.229 e. The van der Waals surface area contributed by atoms with Gasteiger partial charge in [0.05, 0.1) is 42.5 Å². The largest absolute Gasteiger partial charge is 0.381 e. The van der Waals surface area contributed by atoms with E-state index >= 15 is 0 Å². The van der Waals surface area contributed by atoms with E-state index in [9.17, 15) is 9.59 Å². The third-order valence-corrected chi connectivity index (χ3v) is 10.7. The van der Waals surface area contributed by atoms with Crippen LogP contribution in [0.5, 0.6) is 0 Å². The second-order valence-electron chi connectivity index (χ2n) is 13.0. The average molecular weight is 548 g/mol. The molecule has 5 fully saturated rings. The van der Waals surface area contributed by atoms with Crippen molar-refractivity contribution in [3.05, 3.63) is 0 Å². The highest BCUT2D eigenvalue weighted by molar-refractivity contribution is 5.84. The number of rotatable bonds is 9. The number of carbonyl (C=O) groups excluding carboxylic acids is 2. The lowest BCUT2D eigenvalue weighted by Gasteiger charge is -2.55. The fourth-order valence-corrected chi connectivity index (χ4v) is 8.14. The van der Waals surface area contributed by atoms with Gasteiger partial charge >= 0.3 is 0 Å². The molecule has 222 valence electrons. The first-order chi connectivity index (χ1) is 19.0. The van der Waals surface area contributed by atoms with Crippen LogP contribution < -0.4 is 16.4 Å². The van der Waals surface area contributed by atoms with Crippen molar-refractivity contribution in [1.29, 1.82) is 0 Å². The van der Waals surface area contributed by atoms with Crippen LogP contribution in [0, 0.1) is 23.7 Å². The fraction of sp³-hybridized carbons (Fsp3) is 0.933. The molecule has 9 nitrogen and oxygen atoms in total. The van der Waals surface area contributed by atoms with Crippen LogP contribution in [-0.2, 0) is 19.1 Å². The van der Waals surface area contributed by atoms with Gasteiger partial charge in [0.1, 0.15) is 0 Å². The Bertz CT molecular complexity index is 813. The van der Waals surface area contributed by atoms with Gasteiger partial charge in [-0.25, -0.2) is 0 Å². The monoisotopic (exact) mass is 547 g/mol. The lowest BCUT2D eigenvalue weighted by molar-refractivity contribution is -0.162. The Kier molecular flexibility index (Phi) is 10.2. The van der Waals surface area contributed by atoms with E-state index in [2.05, 4.69) is 15.5 Å². The van der Waals surface area contributed by atoms with Crippen LogP contribution in [0.3, 0.4) is 0 Å². The van der Waals surface area contributed by atoms with E-state index in [0.717, 1.165) is 83.7 Å². The quantitative estimate of drug-likeness (QED) is 0.407. The van der Waals surface area contributed by atoms with Gasteiger partial charge in [-0.05, 0) is 102 Å². The molecular formula is C30H53N5O4. The molecule has 0 radical (unpaired) electrons. The summed E-state index contributed by atoms with van der Waals surface area (Å²) < 4.78 is 11.1. The van der Waals surface area contributed by atoms with E-state index in [0.29, 0.717) is 37.0 Å². The number of likely N-dealkylation sites (tertiary alicyclic amines) is 1. The number of methoxy groups -OCH3 is 2. The molecule has 3 saturated heterocycles. The van der Waals surface area contributed by atoms with Crippen LogP contribution in [0.1, 0.15) is 89.9 Å². The maximum atomic E-state index is 13.7. The van der Waals surface area contributed by atoms with Crippen LogP contribution in [0.25, 0.3) is 0 Å². The highest BCUT2D eigenvalue weighted by Gasteiger charge is 2.52. The number of fused-ring (bicyclic) bond motifs is 2. The van der Waals surface area contributed by atoms with Gasteiger partial charge in [0, 0.05) is 33.9 Å². The van der Waals surface area contributed by atoms with Crippen LogP contribution >= 0.6 is 0 Å². The molecule has 2 saturated carbocycles. The summed E-state index contributed by atoms with van der Waals surface area (Å²) in [6.07, 6.45) is 15.3. The molecule has 3 heterocycles. The fourth-order valence-electron chi connectivity index (χ4n) is 8.14. The first-order valence-corrected chi connectivity index (χ1v) is 15.9. The number of nitrogens with one attached hydrogen (secondary N) is 2. The highest BCUT2D eigenvalue weighted by atomic mass is 16.5. The Hall–Kier alpha value is -1.26. The number of piperidine rings is 2. The highest BCUT2D eigenvalue weighted by Crippen LogP contribution is 2.37. The Morgan fingerprint density at radius 1 is 0.949 bits per heavy atom. The van der Waals surface area contributed by atoms with Crippen molar-refractivity contribution in [2.24, 2.45) is 29.4 Å². The molecule has 4 N–H and O–H groups in total. The summed E-state index contributed by atoms with van der Waals surface area (Å²) in [7, 11) is 3.62. The van der Waals surface area contributed by atoms with Crippen molar-refractivity contribution in [3.8, 4) is 0 Å². The molecule has 0 aromatic carbocycles. The minimum Gasteiger partial charge on any atom is -0.381 e. The van der Waals surface area contributed by atoms with Gasteiger partial charge in [-0.15, -0.1) is 0 Å².